The first-order chi connectivity index (χ1) is 7.63. The van der Waals surface area contributed by atoms with Crippen molar-refractivity contribution in [3.63, 3.8) is 0 Å². The second kappa shape index (κ2) is 6.12. The highest BCUT2D eigenvalue weighted by atomic mass is 35.5. The lowest BCUT2D eigenvalue weighted by molar-refractivity contribution is -0.116. The van der Waals surface area contributed by atoms with Crippen LogP contribution < -0.4 is 11.1 Å². The number of nitrogens with one attached hydrogen (secondary N) is 1. The topological polar surface area (TPSA) is 72.2 Å². The van der Waals surface area contributed by atoms with Crippen LogP contribution in [0.2, 0.25) is 0 Å². The molecule has 0 atom stereocenters. The van der Waals surface area contributed by atoms with E-state index in [2.05, 4.69) is 5.32 Å². The second-order valence-electron chi connectivity index (χ2n) is 3.28. The van der Waals surface area contributed by atoms with Gasteiger partial charge in [0.1, 0.15) is 0 Å². The van der Waals surface area contributed by atoms with Crippen LogP contribution in [0.5, 0.6) is 0 Å². The largest absolute Gasteiger partial charge is 0.366 e. The van der Waals surface area contributed by atoms with Gasteiger partial charge in [-0.3, -0.25) is 9.59 Å². The highest BCUT2D eigenvalue weighted by molar-refractivity contribution is 6.18. The van der Waals surface area contributed by atoms with Crippen molar-refractivity contribution in [3.05, 3.63) is 29.8 Å². The van der Waals surface area contributed by atoms with E-state index < -0.39 is 5.91 Å². The number of hydrogen-bond acceptors (Lipinski definition) is 2. The van der Waals surface area contributed by atoms with Gasteiger partial charge in [0, 0.05) is 23.6 Å². The Kier molecular flexibility index (Phi) is 4.79. The lowest BCUT2D eigenvalue weighted by atomic mass is 10.2. The molecule has 1 rings (SSSR count). The quantitative estimate of drug-likeness (QED) is 0.770. The lowest BCUT2D eigenvalue weighted by Crippen LogP contribution is -2.13. The van der Waals surface area contributed by atoms with Gasteiger partial charge in [-0.25, -0.2) is 0 Å². The summed E-state index contributed by atoms with van der Waals surface area (Å²) in [6.45, 7) is 0. The van der Waals surface area contributed by atoms with Crippen molar-refractivity contribution in [2.75, 3.05) is 11.2 Å². The molecule has 1 aromatic rings. The second-order valence-corrected chi connectivity index (χ2v) is 3.66. The SMILES string of the molecule is NC(=O)c1ccc(NC(=O)CCCCl)cc1. The van der Waals surface area contributed by atoms with Crippen molar-refractivity contribution < 1.29 is 9.59 Å². The third-order valence-corrected chi connectivity index (χ3v) is 2.26. The van der Waals surface area contributed by atoms with Crippen LogP contribution >= 0.6 is 11.6 Å². The van der Waals surface area contributed by atoms with E-state index >= 15 is 0 Å². The highest BCUT2D eigenvalue weighted by Gasteiger charge is 2.03. The van der Waals surface area contributed by atoms with E-state index in [1.54, 1.807) is 24.3 Å². The summed E-state index contributed by atoms with van der Waals surface area (Å²) in [6, 6.07) is 6.41. The molecule has 5 heteroatoms. The van der Waals surface area contributed by atoms with Crippen molar-refractivity contribution in [1.29, 1.82) is 0 Å². The van der Waals surface area contributed by atoms with Gasteiger partial charge in [0.15, 0.2) is 0 Å². The molecule has 4 nitrogen and oxygen atoms in total. The van der Waals surface area contributed by atoms with Crippen LogP contribution in [0.15, 0.2) is 24.3 Å². The van der Waals surface area contributed by atoms with Crippen LogP contribution in [-0.2, 0) is 4.79 Å². The zero-order valence-electron chi connectivity index (χ0n) is 8.70. The molecule has 0 saturated carbocycles. The van der Waals surface area contributed by atoms with Gasteiger partial charge in [-0.05, 0) is 30.7 Å². The molecular formula is C11H13ClN2O2. The van der Waals surface area contributed by atoms with Crippen molar-refractivity contribution >= 4 is 29.1 Å². The Morgan fingerprint density at radius 2 is 1.88 bits per heavy atom. The number of anilines is 1. The summed E-state index contributed by atoms with van der Waals surface area (Å²) < 4.78 is 0. The lowest BCUT2D eigenvalue weighted by Gasteiger charge is -2.04. The standard InChI is InChI=1S/C11H13ClN2O2/c12-7-1-2-10(15)14-9-5-3-8(4-6-9)11(13)16/h3-6H,1-2,7H2,(H2,13,16)(H,14,15). The van der Waals surface area contributed by atoms with E-state index in [0.29, 0.717) is 30.0 Å². The van der Waals surface area contributed by atoms with E-state index in [9.17, 15) is 9.59 Å². The number of carbonyl (C=O) groups excluding carboxylic acids is 2. The third-order valence-electron chi connectivity index (χ3n) is 1.99. The molecule has 0 unspecified atom stereocenters. The number of primary amides is 1. The molecular weight excluding hydrogens is 228 g/mol. The van der Waals surface area contributed by atoms with E-state index in [0.717, 1.165) is 0 Å². The van der Waals surface area contributed by atoms with Crippen LogP contribution in [-0.4, -0.2) is 17.7 Å². The minimum Gasteiger partial charge on any atom is -0.366 e. The Balaban J connectivity index is 2.55. The summed E-state index contributed by atoms with van der Waals surface area (Å²) in [4.78, 5) is 22.1. The van der Waals surface area contributed by atoms with Crippen LogP contribution in [0.4, 0.5) is 5.69 Å². The average molecular weight is 241 g/mol. The number of hydrogen-bond donors (Lipinski definition) is 2. The van der Waals surface area contributed by atoms with Gasteiger partial charge >= 0.3 is 0 Å². The maximum absolute atomic E-state index is 11.3. The third kappa shape index (κ3) is 3.90. The molecule has 0 radical (unpaired) electrons. The summed E-state index contributed by atoms with van der Waals surface area (Å²) in [5, 5.41) is 2.69. The first-order valence-corrected chi connectivity index (χ1v) is 5.42. The fraction of sp³-hybridized carbons (Fsp3) is 0.273. The van der Waals surface area contributed by atoms with Gasteiger partial charge in [0.05, 0.1) is 0 Å². The Hall–Kier alpha value is -1.55. The molecule has 0 spiro atoms. The Labute approximate surface area is 98.8 Å². The molecule has 0 heterocycles. The van der Waals surface area contributed by atoms with Crippen LogP contribution in [0.25, 0.3) is 0 Å². The molecule has 0 saturated heterocycles. The minimum absolute atomic E-state index is 0.0903. The molecule has 0 bridgehead atoms. The molecule has 0 aromatic heterocycles. The number of benzene rings is 1. The van der Waals surface area contributed by atoms with Gasteiger partial charge in [0.2, 0.25) is 11.8 Å². The summed E-state index contributed by atoms with van der Waals surface area (Å²) in [6.07, 6.45) is 1.04. The summed E-state index contributed by atoms with van der Waals surface area (Å²) in [5.41, 5.74) is 6.15. The number of rotatable bonds is 5. The minimum atomic E-state index is -0.486. The van der Waals surface area contributed by atoms with E-state index in [1.165, 1.54) is 0 Å². The van der Waals surface area contributed by atoms with E-state index in [1.807, 2.05) is 0 Å². The Bertz CT molecular complexity index is 376. The predicted molar refractivity (Wildman–Crippen MR) is 63.5 cm³/mol. The summed E-state index contributed by atoms with van der Waals surface area (Å²) >= 11 is 5.47. The Morgan fingerprint density at radius 3 is 2.38 bits per heavy atom. The number of halogens is 1. The van der Waals surface area contributed by atoms with Gasteiger partial charge in [-0.1, -0.05) is 0 Å². The van der Waals surface area contributed by atoms with Crippen LogP contribution in [0.1, 0.15) is 23.2 Å². The molecule has 0 fully saturated rings. The van der Waals surface area contributed by atoms with Crippen molar-refractivity contribution in [3.8, 4) is 0 Å². The van der Waals surface area contributed by atoms with Crippen molar-refractivity contribution in [2.45, 2.75) is 12.8 Å². The van der Waals surface area contributed by atoms with Crippen molar-refractivity contribution in [2.24, 2.45) is 5.73 Å². The van der Waals surface area contributed by atoms with Gasteiger partial charge in [-0.2, -0.15) is 0 Å². The molecule has 0 aliphatic heterocycles. The smallest absolute Gasteiger partial charge is 0.248 e. The van der Waals surface area contributed by atoms with Gasteiger partial charge < -0.3 is 11.1 Å². The summed E-state index contributed by atoms with van der Waals surface area (Å²) in [7, 11) is 0. The first kappa shape index (κ1) is 12.5. The maximum Gasteiger partial charge on any atom is 0.248 e. The zero-order valence-corrected chi connectivity index (χ0v) is 9.46. The molecule has 16 heavy (non-hydrogen) atoms. The molecule has 0 aliphatic carbocycles. The van der Waals surface area contributed by atoms with E-state index in [-0.39, 0.29) is 5.91 Å². The summed E-state index contributed by atoms with van der Waals surface area (Å²) in [5.74, 6) is -0.110. The van der Waals surface area contributed by atoms with Gasteiger partial charge in [0.25, 0.3) is 0 Å². The molecule has 1 aromatic carbocycles. The number of nitrogens with two attached hydrogens (primary N) is 1. The zero-order chi connectivity index (χ0) is 12.0. The Morgan fingerprint density at radius 1 is 1.25 bits per heavy atom. The number of carbonyl (C=O) groups is 2. The monoisotopic (exact) mass is 240 g/mol. The molecule has 3 N–H and O–H groups in total. The van der Waals surface area contributed by atoms with Crippen LogP contribution in [0.3, 0.4) is 0 Å². The fourth-order valence-electron chi connectivity index (χ4n) is 1.17. The van der Waals surface area contributed by atoms with Gasteiger partial charge in [-0.15, -0.1) is 11.6 Å². The van der Waals surface area contributed by atoms with Crippen LogP contribution in [0, 0.1) is 0 Å². The van der Waals surface area contributed by atoms with E-state index in [4.69, 9.17) is 17.3 Å². The number of amides is 2. The number of alkyl halides is 1. The first-order valence-electron chi connectivity index (χ1n) is 4.89. The molecule has 2 amide bonds. The molecule has 0 aliphatic rings. The van der Waals surface area contributed by atoms with Crippen molar-refractivity contribution in [1.82, 2.24) is 0 Å². The highest BCUT2D eigenvalue weighted by Crippen LogP contribution is 2.09. The molecule has 86 valence electrons. The fourth-order valence-corrected chi connectivity index (χ4v) is 1.30. The average Bonchev–Trinajstić information content (AvgIpc) is 2.27. The maximum atomic E-state index is 11.3. The predicted octanol–water partition coefficient (Wildman–Crippen LogP) is 1.74. The normalized spacial score (nSPS) is 9.81.